The third-order valence-electron chi connectivity index (χ3n) is 2.46. The van der Waals surface area contributed by atoms with Crippen molar-refractivity contribution >= 4 is 11.8 Å². The number of nitrogens with one attached hydrogen (secondary N) is 1. The Morgan fingerprint density at radius 2 is 2.31 bits per heavy atom. The lowest BCUT2D eigenvalue weighted by molar-refractivity contribution is 0.000863. The quantitative estimate of drug-likeness (QED) is 0.614. The first-order chi connectivity index (χ1) is 6.05. The topological polar surface area (TPSA) is 52.5 Å². The van der Waals surface area contributed by atoms with E-state index in [1.165, 1.54) is 5.75 Å². The van der Waals surface area contributed by atoms with Crippen LogP contribution in [0, 0.1) is 0 Å². The number of aliphatic hydroxyl groups is 2. The van der Waals surface area contributed by atoms with Gasteiger partial charge in [0.15, 0.2) is 0 Å². The molecule has 4 heteroatoms. The maximum absolute atomic E-state index is 9.55. The summed E-state index contributed by atoms with van der Waals surface area (Å²) in [6, 6.07) is 0.489. The lowest BCUT2D eigenvalue weighted by Crippen LogP contribution is -2.46. The molecule has 1 aliphatic heterocycles. The summed E-state index contributed by atoms with van der Waals surface area (Å²) in [4.78, 5) is 0. The summed E-state index contributed by atoms with van der Waals surface area (Å²) in [5.74, 6) is 1.19. The highest BCUT2D eigenvalue weighted by molar-refractivity contribution is 8.00. The lowest BCUT2D eigenvalue weighted by Gasteiger charge is -2.25. The van der Waals surface area contributed by atoms with Crippen LogP contribution in [0.3, 0.4) is 0 Å². The van der Waals surface area contributed by atoms with Gasteiger partial charge in [-0.25, -0.2) is 0 Å². The fraction of sp³-hybridized carbons (Fsp3) is 1.00. The first kappa shape index (κ1) is 11.3. The Hall–Kier alpha value is 0.230. The molecule has 3 unspecified atom stereocenters. The predicted molar refractivity (Wildman–Crippen MR) is 56.0 cm³/mol. The summed E-state index contributed by atoms with van der Waals surface area (Å²) in [5, 5.41) is 22.3. The van der Waals surface area contributed by atoms with Crippen LogP contribution in [0.15, 0.2) is 0 Å². The van der Waals surface area contributed by atoms with Crippen LogP contribution in [0.1, 0.15) is 20.3 Å². The van der Waals surface area contributed by atoms with Gasteiger partial charge in [0.25, 0.3) is 0 Å². The molecular formula is C9H19NO2S. The van der Waals surface area contributed by atoms with Gasteiger partial charge in [0, 0.05) is 17.8 Å². The van der Waals surface area contributed by atoms with Gasteiger partial charge in [0.05, 0.1) is 12.2 Å². The molecule has 1 saturated heterocycles. The molecule has 0 bridgehead atoms. The lowest BCUT2D eigenvalue weighted by atomic mass is 10.1. The summed E-state index contributed by atoms with van der Waals surface area (Å²) in [6.45, 7) is 4.13. The van der Waals surface area contributed by atoms with Crippen molar-refractivity contribution in [2.75, 3.05) is 18.9 Å². The van der Waals surface area contributed by atoms with E-state index in [1.807, 2.05) is 11.8 Å². The molecule has 0 radical (unpaired) electrons. The summed E-state index contributed by atoms with van der Waals surface area (Å²) < 4.78 is 0. The first-order valence-electron chi connectivity index (χ1n) is 4.73. The summed E-state index contributed by atoms with van der Waals surface area (Å²) in [6.07, 6.45) is 1.16. The third-order valence-corrected chi connectivity index (χ3v) is 3.79. The van der Waals surface area contributed by atoms with Crippen LogP contribution in [0.4, 0.5) is 0 Å². The minimum absolute atomic E-state index is 0.186. The number of thioether (sulfide) groups is 1. The molecule has 0 saturated carbocycles. The Balaban J connectivity index is 2.25. The van der Waals surface area contributed by atoms with Gasteiger partial charge in [0.1, 0.15) is 0 Å². The van der Waals surface area contributed by atoms with E-state index in [4.69, 9.17) is 5.11 Å². The van der Waals surface area contributed by atoms with Crippen molar-refractivity contribution in [2.24, 2.45) is 0 Å². The van der Waals surface area contributed by atoms with E-state index in [2.05, 4.69) is 12.2 Å². The average molecular weight is 205 g/mol. The Kier molecular flexibility index (Phi) is 4.04. The second-order valence-electron chi connectivity index (χ2n) is 4.01. The molecule has 3 atom stereocenters. The Bertz CT molecular complexity index is 164. The standard InChI is InChI=1S/C9H19NO2S/c1-7-8(3-4-13-7)10-5-9(2,12)6-11/h7-8,10-12H,3-6H2,1-2H3. The van der Waals surface area contributed by atoms with Crippen molar-refractivity contribution in [3.63, 3.8) is 0 Å². The zero-order valence-electron chi connectivity index (χ0n) is 8.29. The van der Waals surface area contributed by atoms with Gasteiger partial charge in [-0.05, 0) is 19.1 Å². The number of rotatable bonds is 4. The zero-order valence-corrected chi connectivity index (χ0v) is 9.10. The largest absolute Gasteiger partial charge is 0.393 e. The van der Waals surface area contributed by atoms with Gasteiger partial charge >= 0.3 is 0 Å². The van der Waals surface area contributed by atoms with E-state index >= 15 is 0 Å². The molecule has 0 aromatic heterocycles. The van der Waals surface area contributed by atoms with Crippen molar-refractivity contribution in [3.05, 3.63) is 0 Å². The van der Waals surface area contributed by atoms with Crippen LogP contribution < -0.4 is 5.32 Å². The molecule has 0 amide bonds. The van der Waals surface area contributed by atoms with E-state index in [0.717, 1.165) is 6.42 Å². The van der Waals surface area contributed by atoms with Gasteiger partial charge in [-0.1, -0.05) is 6.92 Å². The second kappa shape index (κ2) is 4.64. The van der Waals surface area contributed by atoms with Crippen molar-refractivity contribution in [1.82, 2.24) is 5.32 Å². The van der Waals surface area contributed by atoms with E-state index in [1.54, 1.807) is 6.92 Å². The smallest absolute Gasteiger partial charge is 0.0972 e. The number of hydrogen-bond donors (Lipinski definition) is 3. The van der Waals surface area contributed by atoms with Gasteiger partial charge in [-0.3, -0.25) is 0 Å². The van der Waals surface area contributed by atoms with Crippen molar-refractivity contribution in [3.8, 4) is 0 Å². The highest BCUT2D eigenvalue weighted by Gasteiger charge is 2.26. The molecule has 0 spiro atoms. The van der Waals surface area contributed by atoms with Gasteiger partial charge in [0.2, 0.25) is 0 Å². The summed E-state index contributed by atoms with van der Waals surface area (Å²) in [7, 11) is 0. The van der Waals surface area contributed by atoms with Crippen LogP contribution in [0.25, 0.3) is 0 Å². The molecule has 1 heterocycles. The monoisotopic (exact) mass is 205 g/mol. The Labute approximate surface area is 83.9 Å². The van der Waals surface area contributed by atoms with Crippen LogP contribution in [0.2, 0.25) is 0 Å². The van der Waals surface area contributed by atoms with Crippen LogP contribution in [0.5, 0.6) is 0 Å². The molecule has 3 N–H and O–H groups in total. The minimum atomic E-state index is -0.979. The average Bonchev–Trinajstić information content (AvgIpc) is 2.48. The minimum Gasteiger partial charge on any atom is -0.393 e. The van der Waals surface area contributed by atoms with E-state index < -0.39 is 5.60 Å². The second-order valence-corrected chi connectivity index (χ2v) is 5.49. The molecule has 0 aromatic carbocycles. The summed E-state index contributed by atoms with van der Waals surface area (Å²) in [5.41, 5.74) is -0.979. The van der Waals surface area contributed by atoms with E-state index in [0.29, 0.717) is 17.8 Å². The fourth-order valence-corrected chi connectivity index (χ4v) is 2.63. The molecule has 13 heavy (non-hydrogen) atoms. The number of hydrogen-bond acceptors (Lipinski definition) is 4. The molecule has 1 fully saturated rings. The first-order valence-corrected chi connectivity index (χ1v) is 5.78. The molecule has 1 rings (SSSR count). The third kappa shape index (κ3) is 3.46. The maximum Gasteiger partial charge on any atom is 0.0972 e. The Morgan fingerprint density at radius 1 is 1.62 bits per heavy atom. The predicted octanol–water partition coefficient (Wildman–Crippen LogP) is 0.213. The van der Waals surface area contributed by atoms with E-state index in [9.17, 15) is 5.11 Å². The van der Waals surface area contributed by atoms with Crippen LogP contribution in [-0.4, -0.2) is 46.0 Å². The van der Waals surface area contributed by atoms with Crippen molar-refractivity contribution in [2.45, 2.75) is 37.2 Å². The normalized spacial score (nSPS) is 33.2. The van der Waals surface area contributed by atoms with Gasteiger partial charge in [-0.2, -0.15) is 11.8 Å². The maximum atomic E-state index is 9.55. The van der Waals surface area contributed by atoms with Crippen molar-refractivity contribution < 1.29 is 10.2 Å². The highest BCUT2D eigenvalue weighted by Crippen LogP contribution is 2.26. The van der Waals surface area contributed by atoms with Crippen LogP contribution in [-0.2, 0) is 0 Å². The molecule has 1 aliphatic rings. The molecule has 0 aliphatic carbocycles. The van der Waals surface area contributed by atoms with E-state index in [-0.39, 0.29) is 6.61 Å². The fourth-order valence-electron chi connectivity index (χ4n) is 1.41. The van der Waals surface area contributed by atoms with Crippen molar-refractivity contribution in [1.29, 1.82) is 0 Å². The highest BCUT2D eigenvalue weighted by atomic mass is 32.2. The molecular weight excluding hydrogens is 186 g/mol. The SMILES string of the molecule is CC1SCCC1NCC(C)(O)CO. The molecule has 0 aromatic rings. The Morgan fingerprint density at radius 3 is 2.77 bits per heavy atom. The zero-order chi connectivity index (χ0) is 9.90. The molecule has 3 nitrogen and oxygen atoms in total. The van der Waals surface area contributed by atoms with Gasteiger partial charge in [-0.15, -0.1) is 0 Å². The molecule has 78 valence electrons. The summed E-state index contributed by atoms with van der Waals surface area (Å²) >= 11 is 1.96. The van der Waals surface area contributed by atoms with Crippen LogP contribution >= 0.6 is 11.8 Å². The van der Waals surface area contributed by atoms with Gasteiger partial charge < -0.3 is 15.5 Å². The number of aliphatic hydroxyl groups excluding tert-OH is 1.